The highest BCUT2D eigenvalue weighted by molar-refractivity contribution is 5.89. The van der Waals surface area contributed by atoms with Gasteiger partial charge in [0.2, 0.25) is 5.91 Å². The molecule has 0 spiro atoms. The molecule has 28 heavy (non-hydrogen) atoms. The number of benzene rings is 3. The molecular formula is C25H29NO2. The second-order valence-corrected chi connectivity index (χ2v) is 8.14. The second kappa shape index (κ2) is 8.47. The lowest BCUT2D eigenvalue weighted by molar-refractivity contribution is -0.122. The van der Waals surface area contributed by atoms with Crippen molar-refractivity contribution in [3.8, 4) is 5.75 Å². The SMILES string of the molecule is CC(C)CC(=O)N[C@@H](c1ccc(C(C)C)cc1)c1c(O)ccc2ccccc12. The Morgan fingerprint density at radius 2 is 1.54 bits per heavy atom. The molecule has 0 aromatic heterocycles. The number of nitrogens with one attached hydrogen (secondary N) is 1. The van der Waals surface area contributed by atoms with Gasteiger partial charge in [0.25, 0.3) is 0 Å². The molecule has 0 aliphatic rings. The van der Waals surface area contributed by atoms with Crippen LogP contribution in [-0.4, -0.2) is 11.0 Å². The first kappa shape index (κ1) is 19.9. The summed E-state index contributed by atoms with van der Waals surface area (Å²) in [6, 6.07) is 19.5. The predicted molar refractivity (Wildman–Crippen MR) is 116 cm³/mol. The molecule has 0 saturated carbocycles. The molecule has 1 atom stereocenters. The van der Waals surface area contributed by atoms with Gasteiger partial charge in [0.15, 0.2) is 0 Å². The highest BCUT2D eigenvalue weighted by Gasteiger charge is 2.23. The number of carbonyl (C=O) groups excluding carboxylic acids is 1. The van der Waals surface area contributed by atoms with Gasteiger partial charge in [-0.1, -0.05) is 82.3 Å². The molecule has 0 fully saturated rings. The van der Waals surface area contributed by atoms with Crippen molar-refractivity contribution in [1.82, 2.24) is 5.32 Å². The van der Waals surface area contributed by atoms with E-state index in [0.717, 1.165) is 21.9 Å². The van der Waals surface area contributed by atoms with E-state index < -0.39 is 6.04 Å². The lowest BCUT2D eigenvalue weighted by Crippen LogP contribution is -2.30. The Balaban J connectivity index is 2.11. The summed E-state index contributed by atoms with van der Waals surface area (Å²) in [6.45, 7) is 8.38. The Kier molecular flexibility index (Phi) is 6.03. The lowest BCUT2D eigenvalue weighted by atomic mass is 9.91. The summed E-state index contributed by atoms with van der Waals surface area (Å²) in [7, 11) is 0. The molecule has 3 rings (SSSR count). The van der Waals surface area contributed by atoms with Gasteiger partial charge in [-0.05, 0) is 39.8 Å². The zero-order chi connectivity index (χ0) is 20.3. The minimum Gasteiger partial charge on any atom is -0.508 e. The third kappa shape index (κ3) is 4.36. The van der Waals surface area contributed by atoms with Crippen molar-refractivity contribution in [3.05, 3.63) is 77.4 Å². The van der Waals surface area contributed by atoms with Crippen molar-refractivity contribution >= 4 is 16.7 Å². The van der Waals surface area contributed by atoms with Crippen LogP contribution >= 0.6 is 0 Å². The number of amides is 1. The average Bonchev–Trinajstić information content (AvgIpc) is 2.66. The molecule has 0 heterocycles. The van der Waals surface area contributed by atoms with Crippen LogP contribution in [0.3, 0.4) is 0 Å². The van der Waals surface area contributed by atoms with E-state index in [1.54, 1.807) is 6.07 Å². The zero-order valence-electron chi connectivity index (χ0n) is 17.1. The molecule has 3 aromatic rings. The Morgan fingerprint density at radius 3 is 2.18 bits per heavy atom. The minimum absolute atomic E-state index is 0.0136. The summed E-state index contributed by atoms with van der Waals surface area (Å²) >= 11 is 0. The summed E-state index contributed by atoms with van der Waals surface area (Å²) in [6.07, 6.45) is 0.451. The zero-order valence-corrected chi connectivity index (χ0v) is 17.1. The highest BCUT2D eigenvalue weighted by Crippen LogP contribution is 2.36. The number of hydrogen-bond acceptors (Lipinski definition) is 2. The standard InChI is InChI=1S/C25H29NO2/c1-16(2)15-23(28)26-25(20-11-9-18(10-12-20)17(3)4)24-21-8-6-5-7-19(21)13-14-22(24)27/h5-14,16-17,25,27H,15H2,1-4H3,(H,26,28)/t25-/m0/s1. The molecule has 0 bridgehead atoms. The van der Waals surface area contributed by atoms with Crippen molar-refractivity contribution < 1.29 is 9.90 Å². The van der Waals surface area contributed by atoms with Gasteiger partial charge in [0.1, 0.15) is 5.75 Å². The van der Waals surface area contributed by atoms with Crippen molar-refractivity contribution in [1.29, 1.82) is 0 Å². The van der Waals surface area contributed by atoms with Gasteiger partial charge in [0, 0.05) is 12.0 Å². The Morgan fingerprint density at radius 1 is 0.893 bits per heavy atom. The summed E-state index contributed by atoms with van der Waals surface area (Å²) in [5, 5.41) is 15.9. The van der Waals surface area contributed by atoms with Gasteiger partial charge in [-0.3, -0.25) is 4.79 Å². The van der Waals surface area contributed by atoms with Crippen molar-refractivity contribution in [3.63, 3.8) is 0 Å². The Hall–Kier alpha value is -2.81. The number of fused-ring (bicyclic) bond motifs is 1. The van der Waals surface area contributed by atoms with Gasteiger partial charge < -0.3 is 10.4 Å². The molecule has 0 unspecified atom stereocenters. The van der Waals surface area contributed by atoms with Crippen LogP contribution in [0.5, 0.6) is 5.75 Å². The largest absolute Gasteiger partial charge is 0.508 e. The molecule has 3 heteroatoms. The van der Waals surface area contributed by atoms with Crippen LogP contribution < -0.4 is 5.32 Å². The van der Waals surface area contributed by atoms with Gasteiger partial charge in [-0.15, -0.1) is 0 Å². The number of rotatable bonds is 6. The Labute approximate surface area is 167 Å². The number of hydrogen-bond donors (Lipinski definition) is 2. The van der Waals surface area contributed by atoms with Gasteiger partial charge in [0.05, 0.1) is 6.04 Å². The van der Waals surface area contributed by atoms with Gasteiger partial charge in [-0.2, -0.15) is 0 Å². The predicted octanol–water partition coefficient (Wildman–Crippen LogP) is 5.92. The normalized spacial score (nSPS) is 12.5. The van der Waals surface area contributed by atoms with E-state index in [1.807, 2.05) is 44.2 Å². The quantitative estimate of drug-likeness (QED) is 0.562. The molecule has 3 nitrogen and oxygen atoms in total. The fourth-order valence-electron chi connectivity index (χ4n) is 3.57. The van der Waals surface area contributed by atoms with E-state index in [4.69, 9.17) is 0 Å². The third-order valence-electron chi connectivity index (χ3n) is 5.07. The second-order valence-electron chi connectivity index (χ2n) is 8.14. The molecule has 0 saturated heterocycles. The smallest absolute Gasteiger partial charge is 0.221 e. The average molecular weight is 376 g/mol. The summed E-state index contributed by atoms with van der Waals surface area (Å²) < 4.78 is 0. The number of phenolic OH excluding ortho intramolecular Hbond substituents is 1. The van der Waals surface area contributed by atoms with Crippen molar-refractivity contribution in [2.75, 3.05) is 0 Å². The third-order valence-corrected chi connectivity index (χ3v) is 5.07. The van der Waals surface area contributed by atoms with Gasteiger partial charge >= 0.3 is 0 Å². The van der Waals surface area contributed by atoms with Crippen LogP contribution in [0.4, 0.5) is 0 Å². The molecule has 0 aliphatic heterocycles. The van der Waals surface area contributed by atoms with Crippen LogP contribution in [0.1, 0.15) is 62.8 Å². The number of carbonyl (C=O) groups is 1. The maximum absolute atomic E-state index is 12.6. The minimum atomic E-state index is -0.404. The topological polar surface area (TPSA) is 49.3 Å². The molecule has 146 valence electrons. The van der Waals surface area contributed by atoms with E-state index in [9.17, 15) is 9.90 Å². The number of aromatic hydroxyl groups is 1. The van der Waals surface area contributed by atoms with Gasteiger partial charge in [-0.25, -0.2) is 0 Å². The van der Waals surface area contributed by atoms with Crippen LogP contribution in [0.15, 0.2) is 60.7 Å². The van der Waals surface area contributed by atoms with Crippen molar-refractivity contribution in [2.45, 2.75) is 46.1 Å². The first-order valence-corrected chi connectivity index (χ1v) is 9.96. The lowest BCUT2D eigenvalue weighted by Gasteiger charge is -2.23. The number of phenols is 1. The van der Waals surface area contributed by atoms with Crippen LogP contribution in [0, 0.1) is 5.92 Å². The molecule has 1 amide bonds. The summed E-state index contributed by atoms with van der Waals surface area (Å²) in [5.41, 5.74) is 2.96. The highest BCUT2D eigenvalue weighted by atomic mass is 16.3. The maximum atomic E-state index is 12.6. The van der Waals surface area contributed by atoms with E-state index >= 15 is 0 Å². The van der Waals surface area contributed by atoms with E-state index in [1.165, 1.54) is 5.56 Å². The van der Waals surface area contributed by atoms with Crippen LogP contribution in [-0.2, 0) is 4.79 Å². The molecule has 0 aliphatic carbocycles. The molecule has 0 radical (unpaired) electrons. The maximum Gasteiger partial charge on any atom is 0.221 e. The Bertz CT molecular complexity index is 958. The fraction of sp³-hybridized carbons (Fsp3) is 0.320. The first-order chi connectivity index (χ1) is 13.4. The van der Waals surface area contributed by atoms with E-state index in [-0.39, 0.29) is 17.6 Å². The van der Waals surface area contributed by atoms with Crippen molar-refractivity contribution in [2.24, 2.45) is 5.92 Å². The molecular weight excluding hydrogens is 346 g/mol. The summed E-state index contributed by atoms with van der Waals surface area (Å²) in [4.78, 5) is 12.6. The van der Waals surface area contributed by atoms with Crippen LogP contribution in [0.25, 0.3) is 10.8 Å². The van der Waals surface area contributed by atoms with Crippen LogP contribution in [0.2, 0.25) is 0 Å². The van der Waals surface area contributed by atoms with E-state index in [0.29, 0.717) is 12.3 Å². The molecule has 2 N–H and O–H groups in total. The van der Waals surface area contributed by atoms with E-state index in [2.05, 4.69) is 43.4 Å². The fourth-order valence-corrected chi connectivity index (χ4v) is 3.57. The summed E-state index contributed by atoms with van der Waals surface area (Å²) in [5.74, 6) is 0.890. The molecule has 3 aromatic carbocycles. The monoisotopic (exact) mass is 375 g/mol. The first-order valence-electron chi connectivity index (χ1n) is 9.96.